The third kappa shape index (κ3) is 2.62. The van der Waals surface area contributed by atoms with Gasteiger partial charge in [-0.15, -0.1) is 0 Å². The molecule has 0 aliphatic carbocycles. The van der Waals surface area contributed by atoms with E-state index in [4.69, 9.17) is 4.74 Å². The Labute approximate surface area is 141 Å². The van der Waals surface area contributed by atoms with Gasteiger partial charge in [-0.25, -0.2) is 4.98 Å². The van der Waals surface area contributed by atoms with E-state index in [0.717, 1.165) is 11.3 Å². The Morgan fingerprint density at radius 1 is 1.25 bits per heavy atom. The van der Waals surface area contributed by atoms with Gasteiger partial charge in [0.25, 0.3) is 5.91 Å². The van der Waals surface area contributed by atoms with Crippen LogP contribution in [0.4, 0.5) is 5.69 Å². The van der Waals surface area contributed by atoms with Crippen molar-refractivity contribution < 1.29 is 9.53 Å². The Morgan fingerprint density at radius 2 is 2.04 bits per heavy atom. The molecule has 124 valence electrons. The number of pyridine rings is 1. The molecule has 1 aromatic carbocycles. The third-order valence-electron chi connectivity index (χ3n) is 4.09. The summed E-state index contributed by atoms with van der Waals surface area (Å²) in [6.45, 7) is 6.42. The second-order valence-electron chi connectivity index (χ2n) is 5.70. The van der Waals surface area contributed by atoms with Crippen molar-refractivity contribution >= 4 is 17.2 Å². The van der Waals surface area contributed by atoms with Crippen LogP contribution >= 0.6 is 0 Å². The fourth-order valence-electron chi connectivity index (χ4n) is 2.94. The molecule has 0 aliphatic heterocycles. The van der Waals surface area contributed by atoms with Gasteiger partial charge in [-0.3, -0.25) is 9.20 Å². The highest BCUT2D eigenvalue weighted by Gasteiger charge is 2.24. The van der Waals surface area contributed by atoms with Crippen molar-refractivity contribution in [2.75, 3.05) is 18.6 Å². The van der Waals surface area contributed by atoms with Crippen molar-refractivity contribution in [3.8, 4) is 5.75 Å². The monoisotopic (exact) mass is 323 g/mol. The van der Waals surface area contributed by atoms with Crippen molar-refractivity contribution in [1.29, 1.82) is 0 Å². The molecule has 0 bridgehead atoms. The minimum absolute atomic E-state index is 0.0682. The predicted octanol–water partition coefficient (Wildman–Crippen LogP) is 3.63. The number of hydrogen-bond donors (Lipinski definition) is 0. The van der Waals surface area contributed by atoms with Crippen LogP contribution in [-0.2, 0) is 0 Å². The van der Waals surface area contributed by atoms with Gasteiger partial charge in [0.15, 0.2) is 11.4 Å². The van der Waals surface area contributed by atoms with Gasteiger partial charge in [0.05, 0.1) is 12.8 Å². The molecule has 0 aliphatic rings. The van der Waals surface area contributed by atoms with Crippen LogP contribution in [0.2, 0.25) is 0 Å². The molecule has 0 atom stereocenters. The maximum Gasteiger partial charge on any atom is 0.277 e. The number of anilines is 1. The van der Waals surface area contributed by atoms with Crippen LogP contribution in [0.3, 0.4) is 0 Å². The summed E-state index contributed by atoms with van der Waals surface area (Å²) in [4.78, 5) is 19.5. The first-order valence-electron chi connectivity index (χ1n) is 7.97. The van der Waals surface area contributed by atoms with Crippen molar-refractivity contribution in [3.63, 3.8) is 0 Å². The SMILES string of the molecule is CCN(C(=O)c1c(C)nc2c(OC)cccn12)c1cccc(C)c1. The molecular formula is C19H21N3O2. The van der Waals surface area contributed by atoms with Crippen molar-refractivity contribution in [2.24, 2.45) is 0 Å². The number of aryl methyl sites for hydroxylation is 2. The van der Waals surface area contributed by atoms with Gasteiger partial charge in [-0.2, -0.15) is 0 Å². The first-order chi connectivity index (χ1) is 11.6. The second-order valence-corrected chi connectivity index (χ2v) is 5.70. The fourth-order valence-corrected chi connectivity index (χ4v) is 2.94. The number of fused-ring (bicyclic) bond motifs is 1. The molecule has 0 saturated carbocycles. The average Bonchev–Trinajstić information content (AvgIpc) is 2.91. The number of nitrogens with zero attached hydrogens (tertiary/aromatic N) is 3. The summed E-state index contributed by atoms with van der Waals surface area (Å²) < 4.78 is 7.16. The molecule has 5 nitrogen and oxygen atoms in total. The Morgan fingerprint density at radius 3 is 2.71 bits per heavy atom. The summed E-state index contributed by atoms with van der Waals surface area (Å²) in [5.41, 5.74) is 3.92. The quantitative estimate of drug-likeness (QED) is 0.736. The summed E-state index contributed by atoms with van der Waals surface area (Å²) in [5, 5.41) is 0. The maximum absolute atomic E-state index is 13.2. The summed E-state index contributed by atoms with van der Waals surface area (Å²) in [6.07, 6.45) is 1.84. The molecule has 2 aromatic heterocycles. The molecule has 2 heterocycles. The first-order valence-corrected chi connectivity index (χ1v) is 7.97. The number of hydrogen-bond acceptors (Lipinski definition) is 3. The topological polar surface area (TPSA) is 46.8 Å². The van der Waals surface area contributed by atoms with Gasteiger partial charge in [0.1, 0.15) is 5.69 Å². The lowest BCUT2D eigenvalue weighted by Gasteiger charge is -2.21. The van der Waals surface area contributed by atoms with E-state index in [1.165, 1.54) is 0 Å². The van der Waals surface area contributed by atoms with Gasteiger partial charge >= 0.3 is 0 Å². The number of carbonyl (C=O) groups is 1. The van der Waals surface area contributed by atoms with Gasteiger partial charge in [-0.05, 0) is 50.6 Å². The largest absolute Gasteiger partial charge is 0.493 e. The molecule has 0 radical (unpaired) electrons. The lowest BCUT2D eigenvalue weighted by atomic mass is 10.2. The molecule has 3 rings (SSSR count). The maximum atomic E-state index is 13.2. The van der Waals surface area contributed by atoms with Gasteiger partial charge in [0.2, 0.25) is 0 Å². The smallest absolute Gasteiger partial charge is 0.277 e. The molecule has 0 spiro atoms. The Kier molecular flexibility index (Phi) is 4.25. The number of imidazole rings is 1. The van der Waals surface area contributed by atoms with Crippen molar-refractivity contribution in [2.45, 2.75) is 20.8 Å². The van der Waals surface area contributed by atoms with Crippen LogP contribution in [-0.4, -0.2) is 28.9 Å². The Bertz CT molecular complexity index is 899. The molecule has 24 heavy (non-hydrogen) atoms. The van der Waals surface area contributed by atoms with Crippen molar-refractivity contribution in [1.82, 2.24) is 9.38 Å². The molecule has 0 saturated heterocycles. The van der Waals surface area contributed by atoms with E-state index < -0.39 is 0 Å². The molecule has 3 aromatic rings. The van der Waals surface area contributed by atoms with E-state index >= 15 is 0 Å². The molecule has 0 fully saturated rings. The number of methoxy groups -OCH3 is 1. The van der Waals surface area contributed by atoms with Crippen molar-refractivity contribution in [3.05, 3.63) is 59.5 Å². The lowest BCUT2D eigenvalue weighted by Crippen LogP contribution is -2.32. The zero-order chi connectivity index (χ0) is 17.3. The molecule has 0 N–H and O–H groups in total. The first kappa shape index (κ1) is 16.1. The highest BCUT2D eigenvalue weighted by Crippen LogP contribution is 2.24. The van der Waals surface area contributed by atoms with E-state index in [2.05, 4.69) is 4.98 Å². The number of aromatic nitrogens is 2. The fraction of sp³-hybridized carbons (Fsp3) is 0.263. The number of benzene rings is 1. The van der Waals surface area contributed by atoms with Crippen LogP contribution in [0, 0.1) is 13.8 Å². The van der Waals surface area contributed by atoms with Gasteiger partial charge < -0.3 is 9.64 Å². The predicted molar refractivity (Wildman–Crippen MR) is 95.0 cm³/mol. The minimum atomic E-state index is -0.0682. The van der Waals surface area contributed by atoms with Gasteiger partial charge in [0, 0.05) is 18.4 Å². The normalized spacial score (nSPS) is 10.8. The van der Waals surface area contributed by atoms with Crippen LogP contribution in [0.5, 0.6) is 5.75 Å². The summed E-state index contributed by atoms with van der Waals surface area (Å²) in [7, 11) is 1.60. The minimum Gasteiger partial charge on any atom is -0.493 e. The van der Waals surface area contributed by atoms with Gasteiger partial charge in [-0.1, -0.05) is 12.1 Å². The van der Waals surface area contributed by atoms with E-state index in [1.807, 2.05) is 63.4 Å². The Balaban J connectivity index is 2.12. The summed E-state index contributed by atoms with van der Waals surface area (Å²) in [6, 6.07) is 11.6. The number of rotatable bonds is 4. The van der Waals surface area contributed by atoms with E-state index in [0.29, 0.717) is 29.3 Å². The molecular weight excluding hydrogens is 302 g/mol. The Hall–Kier alpha value is -2.82. The molecule has 5 heteroatoms. The van der Waals surface area contributed by atoms with E-state index in [-0.39, 0.29) is 5.91 Å². The standard InChI is InChI=1S/C19H21N3O2/c1-5-21(15-9-6-8-13(2)12-15)19(23)17-14(3)20-18-16(24-4)10-7-11-22(17)18/h6-12H,5H2,1-4H3. The van der Waals surface area contributed by atoms with E-state index in [1.54, 1.807) is 16.4 Å². The third-order valence-corrected chi connectivity index (χ3v) is 4.09. The highest BCUT2D eigenvalue weighted by atomic mass is 16.5. The van der Waals surface area contributed by atoms with E-state index in [9.17, 15) is 4.79 Å². The van der Waals surface area contributed by atoms with Crippen LogP contribution in [0.1, 0.15) is 28.7 Å². The summed E-state index contributed by atoms with van der Waals surface area (Å²) >= 11 is 0. The highest BCUT2D eigenvalue weighted by molar-refractivity contribution is 6.06. The summed E-state index contributed by atoms with van der Waals surface area (Å²) in [5.74, 6) is 0.583. The lowest BCUT2D eigenvalue weighted by molar-refractivity contribution is 0.0982. The number of amides is 1. The zero-order valence-electron chi connectivity index (χ0n) is 14.4. The van der Waals surface area contributed by atoms with Crippen LogP contribution in [0.25, 0.3) is 5.65 Å². The average molecular weight is 323 g/mol. The second kappa shape index (κ2) is 6.35. The number of ether oxygens (including phenoxy) is 1. The van der Waals surface area contributed by atoms with Crippen LogP contribution in [0.15, 0.2) is 42.6 Å². The number of carbonyl (C=O) groups excluding carboxylic acids is 1. The zero-order valence-corrected chi connectivity index (χ0v) is 14.4. The molecule has 0 unspecified atom stereocenters. The van der Waals surface area contributed by atoms with Crippen LogP contribution < -0.4 is 9.64 Å². The molecule has 1 amide bonds.